The van der Waals surface area contributed by atoms with Gasteiger partial charge in [0.05, 0.1) is 6.42 Å². The topological polar surface area (TPSA) is 42.0 Å². The molecule has 2 heterocycles. The number of hydrogen-bond acceptors (Lipinski definition) is 4. The van der Waals surface area contributed by atoms with Crippen molar-refractivity contribution >= 4 is 33.7 Å². The maximum Gasteiger partial charge on any atom is 0.230 e. The monoisotopic (exact) mass is 224 g/mol. The van der Waals surface area contributed by atoms with Crippen LogP contribution < -0.4 is 5.32 Å². The predicted octanol–water partition coefficient (Wildman–Crippen LogP) is 2.39. The van der Waals surface area contributed by atoms with Gasteiger partial charge in [0.25, 0.3) is 0 Å². The maximum atomic E-state index is 11.4. The summed E-state index contributed by atoms with van der Waals surface area (Å²) in [7, 11) is 0. The summed E-state index contributed by atoms with van der Waals surface area (Å²) in [6.45, 7) is 0. The van der Waals surface area contributed by atoms with Gasteiger partial charge in [0.15, 0.2) is 5.13 Å². The van der Waals surface area contributed by atoms with Gasteiger partial charge in [-0.1, -0.05) is 0 Å². The molecule has 2 aromatic heterocycles. The van der Waals surface area contributed by atoms with Crippen LogP contribution in [0.1, 0.15) is 5.56 Å². The summed E-state index contributed by atoms with van der Waals surface area (Å²) in [6.07, 6.45) is 2.09. The highest BCUT2D eigenvalue weighted by Gasteiger charge is 2.05. The van der Waals surface area contributed by atoms with Crippen LogP contribution in [0.25, 0.3) is 0 Å². The van der Waals surface area contributed by atoms with Gasteiger partial charge < -0.3 is 5.32 Å². The number of rotatable bonds is 3. The molecule has 0 saturated heterocycles. The number of aromatic nitrogens is 1. The Hall–Kier alpha value is -1.20. The molecule has 0 saturated carbocycles. The highest BCUT2D eigenvalue weighted by atomic mass is 32.1. The van der Waals surface area contributed by atoms with Crippen molar-refractivity contribution in [2.45, 2.75) is 6.42 Å². The van der Waals surface area contributed by atoms with Crippen LogP contribution in [0.3, 0.4) is 0 Å². The van der Waals surface area contributed by atoms with E-state index in [0.717, 1.165) is 5.56 Å². The number of thiazole rings is 1. The van der Waals surface area contributed by atoms with E-state index in [-0.39, 0.29) is 5.91 Å². The Kier molecular flexibility index (Phi) is 2.90. The van der Waals surface area contributed by atoms with Gasteiger partial charge in [0.2, 0.25) is 5.91 Å². The molecule has 0 aliphatic carbocycles. The lowest BCUT2D eigenvalue weighted by atomic mass is 10.2. The number of carbonyl (C=O) groups is 1. The third kappa shape index (κ3) is 2.40. The van der Waals surface area contributed by atoms with E-state index in [1.54, 1.807) is 17.5 Å². The first-order chi connectivity index (χ1) is 6.84. The molecule has 72 valence electrons. The molecule has 2 rings (SSSR count). The van der Waals surface area contributed by atoms with Gasteiger partial charge in [0, 0.05) is 11.6 Å². The van der Waals surface area contributed by atoms with Crippen LogP contribution in [0.4, 0.5) is 5.13 Å². The van der Waals surface area contributed by atoms with Gasteiger partial charge in [-0.05, 0) is 22.4 Å². The average Bonchev–Trinajstić information content (AvgIpc) is 2.76. The van der Waals surface area contributed by atoms with Crippen molar-refractivity contribution in [3.8, 4) is 0 Å². The van der Waals surface area contributed by atoms with Gasteiger partial charge >= 0.3 is 0 Å². The zero-order chi connectivity index (χ0) is 9.80. The lowest BCUT2D eigenvalue weighted by Crippen LogP contribution is -2.13. The smallest absolute Gasteiger partial charge is 0.230 e. The Bertz CT molecular complexity index is 356. The third-order valence-corrected chi connectivity index (χ3v) is 3.04. The lowest BCUT2D eigenvalue weighted by molar-refractivity contribution is -0.115. The van der Waals surface area contributed by atoms with Gasteiger partial charge in [0.1, 0.15) is 0 Å². The molecule has 0 aliphatic rings. The van der Waals surface area contributed by atoms with Crippen LogP contribution >= 0.6 is 22.7 Å². The van der Waals surface area contributed by atoms with E-state index in [9.17, 15) is 4.79 Å². The normalized spacial score (nSPS) is 10.0. The van der Waals surface area contributed by atoms with E-state index < -0.39 is 0 Å². The van der Waals surface area contributed by atoms with Crippen molar-refractivity contribution in [1.82, 2.24) is 4.98 Å². The Morgan fingerprint density at radius 1 is 1.50 bits per heavy atom. The standard InChI is InChI=1S/C9H8N2OS2/c12-8(5-7-1-3-13-6-7)11-9-10-2-4-14-9/h1-4,6H,5H2,(H,10,11,12). The molecule has 0 spiro atoms. The molecule has 0 aliphatic heterocycles. The Morgan fingerprint density at radius 2 is 2.43 bits per heavy atom. The van der Waals surface area contributed by atoms with Crippen molar-refractivity contribution in [3.63, 3.8) is 0 Å². The molecule has 14 heavy (non-hydrogen) atoms. The molecule has 1 amide bonds. The molecule has 2 aromatic rings. The van der Waals surface area contributed by atoms with Crippen molar-refractivity contribution < 1.29 is 4.79 Å². The number of hydrogen-bond donors (Lipinski definition) is 1. The summed E-state index contributed by atoms with van der Waals surface area (Å²) in [6, 6.07) is 1.95. The third-order valence-electron chi connectivity index (χ3n) is 1.62. The first-order valence-corrected chi connectivity index (χ1v) is 5.87. The van der Waals surface area contributed by atoms with Crippen LogP contribution in [0.2, 0.25) is 0 Å². The van der Waals surface area contributed by atoms with Gasteiger partial charge in [-0.3, -0.25) is 4.79 Å². The fourth-order valence-electron chi connectivity index (χ4n) is 1.03. The fourth-order valence-corrected chi connectivity index (χ4v) is 2.24. The largest absolute Gasteiger partial charge is 0.302 e. The van der Waals surface area contributed by atoms with Gasteiger partial charge in [-0.25, -0.2) is 4.98 Å². The van der Waals surface area contributed by atoms with E-state index in [4.69, 9.17) is 0 Å². The van der Waals surface area contributed by atoms with E-state index in [2.05, 4.69) is 10.3 Å². The second kappa shape index (κ2) is 4.34. The molecule has 5 heteroatoms. The Balaban J connectivity index is 1.91. The minimum atomic E-state index is -0.0154. The van der Waals surface area contributed by atoms with E-state index >= 15 is 0 Å². The first-order valence-electron chi connectivity index (χ1n) is 4.05. The minimum Gasteiger partial charge on any atom is -0.302 e. The van der Waals surface area contributed by atoms with Gasteiger partial charge in [-0.2, -0.15) is 11.3 Å². The first kappa shape index (κ1) is 9.36. The van der Waals surface area contributed by atoms with Crippen LogP contribution in [0.5, 0.6) is 0 Å². The molecular formula is C9H8N2OS2. The van der Waals surface area contributed by atoms with E-state index in [1.165, 1.54) is 11.3 Å². The fraction of sp³-hybridized carbons (Fsp3) is 0.111. The molecule has 0 unspecified atom stereocenters. The van der Waals surface area contributed by atoms with Crippen molar-refractivity contribution in [2.24, 2.45) is 0 Å². The number of nitrogens with zero attached hydrogens (tertiary/aromatic N) is 1. The highest BCUT2D eigenvalue weighted by Crippen LogP contribution is 2.12. The van der Waals surface area contributed by atoms with Crippen LogP contribution in [0.15, 0.2) is 28.4 Å². The highest BCUT2D eigenvalue weighted by molar-refractivity contribution is 7.13. The Morgan fingerprint density at radius 3 is 3.07 bits per heavy atom. The summed E-state index contributed by atoms with van der Waals surface area (Å²) in [5, 5.41) is 9.16. The van der Waals surface area contributed by atoms with Crippen LogP contribution in [-0.2, 0) is 11.2 Å². The molecule has 0 bridgehead atoms. The number of nitrogens with one attached hydrogen (secondary N) is 1. The molecular weight excluding hydrogens is 216 g/mol. The van der Waals surface area contributed by atoms with Crippen LogP contribution in [0, 0.1) is 0 Å². The molecule has 0 atom stereocenters. The Labute approximate surface area is 89.4 Å². The number of amides is 1. The van der Waals surface area contributed by atoms with Crippen molar-refractivity contribution in [1.29, 1.82) is 0 Å². The molecule has 0 radical (unpaired) electrons. The number of thiophene rings is 1. The second-order valence-electron chi connectivity index (χ2n) is 2.69. The zero-order valence-corrected chi connectivity index (χ0v) is 8.90. The molecule has 3 nitrogen and oxygen atoms in total. The maximum absolute atomic E-state index is 11.4. The SMILES string of the molecule is O=C(Cc1ccsc1)Nc1nccs1. The predicted molar refractivity (Wildman–Crippen MR) is 58.8 cm³/mol. The summed E-state index contributed by atoms with van der Waals surface area (Å²) in [4.78, 5) is 15.4. The molecule has 1 N–H and O–H groups in total. The number of carbonyl (C=O) groups excluding carboxylic acids is 1. The van der Waals surface area contributed by atoms with Crippen molar-refractivity contribution in [2.75, 3.05) is 5.32 Å². The molecule has 0 fully saturated rings. The van der Waals surface area contributed by atoms with Crippen LogP contribution in [-0.4, -0.2) is 10.9 Å². The summed E-state index contributed by atoms with van der Waals surface area (Å²) in [5.74, 6) is -0.0154. The lowest BCUT2D eigenvalue weighted by Gasteiger charge is -1.98. The quantitative estimate of drug-likeness (QED) is 0.869. The summed E-state index contributed by atoms with van der Waals surface area (Å²) in [5.41, 5.74) is 1.05. The van der Waals surface area contributed by atoms with E-state index in [1.807, 2.05) is 22.2 Å². The second-order valence-corrected chi connectivity index (χ2v) is 4.37. The zero-order valence-electron chi connectivity index (χ0n) is 7.27. The summed E-state index contributed by atoms with van der Waals surface area (Å²) >= 11 is 3.02. The molecule has 0 aromatic carbocycles. The van der Waals surface area contributed by atoms with Crippen molar-refractivity contribution in [3.05, 3.63) is 34.0 Å². The van der Waals surface area contributed by atoms with E-state index in [0.29, 0.717) is 11.6 Å². The summed E-state index contributed by atoms with van der Waals surface area (Å²) < 4.78 is 0. The minimum absolute atomic E-state index is 0.0154. The van der Waals surface area contributed by atoms with Gasteiger partial charge in [-0.15, -0.1) is 11.3 Å². The average molecular weight is 224 g/mol. The number of anilines is 1.